The number of nitro groups is 1. The van der Waals surface area contributed by atoms with Crippen LogP contribution in [-0.2, 0) is 0 Å². The SMILES string of the molecule is C=C(NNC(=O)c1ccccc1)c1ccc([N+](=O)[O-])cc1. The van der Waals surface area contributed by atoms with Crippen molar-refractivity contribution in [2.24, 2.45) is 0 Å². The molecule has 6 nitrogen and oxygen atoms in total. The van der Waals surface area contributed by atoms with Gasteiger partial charge in [-0.3, -0.25) is 25.8 Å². The zero-order valence-corrected chi connectivity index (χ0v) is 11.1. The Morgan fingerprint density at radius 2 is 1.57 bits per heavy atom. The van der Waals surface area contributed by atoms with Gasteiger partial charge in [0.15, 0.2) is 0 Å². The van der Waals surface area contributed by atoms with E-state index in [1.165, 1.54) is 12.1 Å². The van der Waals surface area contributed by atoms with Crippen molar-refractivity contribution in [2.45, 2.75) is 0 Å². The minimum atomic E-state index is -0.475. The number of nitrogens with one attached hydrogen (secondary N) is 2. The second-order valence-electron chi connectivity index (χ2n) is 4.23. The highest BCUT2D eigenvalue weighted by Gasteiger charge is 2.07. The van der Waals surface area contributed by atoms with E-state index in [0.717, 1.165) is 0 Å². The number of carbonyl (C=O) groups excluding carboxylic acids is 1. The second-order valence-corrected chi connectivity index (χ2v) is 4.23. The van der Waals surface area contributed by atoms with Crippen LogP contribution in [0.5, 0.6) is 0 Å². The number of non-ortho nitro benzene ring substituents is 1. The van der Waals surface area contributed by atoms with Crippen molar-refractivity contribution >= 4 is 17.3 Å². The quantitative estimate of drug-likeness (QED) is 0.652. The lowest BCUT2D eigenvalue weighted by Gasteiger charge is -2.11. The molecule has 2 rings (SSSR count). The largest absolute Gasteiger partial charge is 0.298 e. The first kappa shape index (κ1) is 14.3. The van der Waals surface area contributed by atoms with E-state index < -0.39 is 4.92 Å². The lowest BCUT2D eigenvalue weighted by atomic mass is 10.1. The summed E-state index contributed by atoms with van der Waals surface area (Å²) in [5.41, 5.74) is 6.80. The molecule has 0 aliphatic heterocycles. The Bertz CT molecular complexity index is 666. The number of nitrogens with zero attached hydrogens (tertiary/aromatic N) is 1. The van der Waals surface area contributed by atoms with Gasteiger partial charge in [0.1, 0.15) is 0 Å². The summed E-state index contributed by atoms with van der Waals surface area (Å²) in [6, 6.07) is 14.6. The molecule has 0 spiro atoms. The summed E-state index contributed by atoms with van der Waals surface area (Å²) in [5, 5.41) is 10.6. The van der Waals surface area contributed by atoms with Gasteiger partial charge in [0.2, 0.25) is 0 Å². The van der Waals surface area contributed by atoms with Crippen molar-refractivity contribution in [3.8, 4) is 0 Å². The Balaban J connectivity index is 1.96. The van der Waals surface area contributed by atoms with Gasteiger partial charge in [-0.25, -0.2) is 0 Å². The van der Waals surface area contributed by atoms with E-state index >= 15 is 0 Å². The normalized spacial score (nSPS) is 9.71. The van der Waals surface area contributed by atoms with E-state index in [9.17, 15) is 14.9 Å². The Kier molecular flexibility index (Phi) is 4.30. The van der Waals surface area contributed by atoms with Gasteiger partial charge in [-0.15, -0.1) is 0 Å². The average molecular weight is 283 g/mol. The lowest BCUT2D eigenvalue weighted by Crippen LogP contribution is -2.35. The zero-order valence-electron chi connectivity index (χ0n) is 11.1. The third-order valence-electron chi connectivity index (χ3n) is 2.79. The zero-order chi connectivity index (χ0) is 15.2. The molecule has 21 heavy (non-hydrogen) atoms. The number of benzene rings is 2. The first-order chi connectivity index (χ1) is 10.1. The van der Waals surface area contributed by atoms with Gasteiger partial charge in [0.25, 0.3) is 11.6 Å². The van der Waals surface area contributed by atoms with Crippen molar-refractivity contribution in [1.29, 1.82) is 0 Å². The van der Waals surface area contributed by atoms with Gasteiger partial charge < -0.3 is 0 Å². The molecule has 0 atom stereocenters. The molecule has 2 N–H and O–H groups in total. The van der Waals surface area contributed by atoms with Crippen molar-refractivity contribution in [2.75, 3.05) is 0 Å². The van der Waals surface area contributed by atoms with E-state index in [4.69, 9.17) is 0 Å². The summed E-state index contributed by atoms with van der Waals surface area (Å²) in [6.45, 7) is 3.77. The second kappa shape index (κ2) is 6.33. The molecule has 0 saturated heterocycles. The molecule has 0 aromatic heterocycles. The van der Waals surface area contributed by atoms with Crippen LogP contribution < -0.4 is 10.9 Å². The van der Waals surface area contributed by atoms with Crippen molar-refractivity contribution < 1.29 is 9.72 Å². The fourth-order valence-corrected chi connectivity index (χ4v) is 1.65. The van der Waals surface area contributed by atoms with Gasteiger partial charge in [-0.2, -0.15) is 0 Å². The van der Waals surface area contributed by atoms with Crippen LogP contribution in [0.1, 0.15) is 15.9 Å². The molecule has 1 amide bonds. The van der Waals surface area contributed by atoms with Crippen LogP contribution in [0.25, 0.3) is 5.70 Å². The molecule has 6 heteroatoms. The van der Waals surface area contributed by atoms with Gasteiger partial charge in [-0.05, 0) is 29.8 Å². The number of rotatable bonds is 5. The number of hydrogen-bond acceptors (Lipinski definition) is 4. The highest BCUT2D eigenvalue weighted by molar-refractivity contribution is 5.94. The average Bonchev–Trinajstić information content (AvgIpc) is 2.53. The van der Waals surface area contributed by atoms with Crippen LogP contribution in [0, 0.1) is 10.1 Å². The summed E-state index contributed by atoms with van der Waals surface area (Å²) < 4.78 is 0. The molecular weight excluding hydrogens is 270 g/mol. The van der Waals surface area contributed by atoms with Gasteiger partial charge in [0, 0.05) is 17.7 Å². The predicted octanol–water partition coefficient (Wildman–Crippen LogP) is 2.50. The summed E-state index contributed by atoms with van der Waals surface area (Å²) in [5.74, 6) is -0.293. The molecular formula is C15H13N3O3. The smallest absolute Gasteiger partial charge is 0.269 e. The lowest BCUT2D eigenvalue weighted by molar-refractivity contribution is -0.384. The van der Waals surface area contributed by atoms with Crippen LogP contribution >= 0.6 is 0 Å². The molecule has 0 unspecified atom stereocenters. The number of hydrogen-bond donors (Lipinski definition) is 2. The van der Waals surface area contributed by atoms with E-state index in [1.54, 1.807) is 36.4 Å². The minimum Gasteiger partial charge on any atom is -0.298 e. The molecule has 2 aromatic carbocycles. The maximum atomic E-state index is 11.8. The van der Waals surface area contributed by atoms with Gasteiger partial charge >= 0.3 is 0 Å². The molecule has 0 saturated carbocycles. The minimum absolute atomic E-state index is 0.000119. The molecule has 0 aliphatic rings. The molecule has 0 bridgehead atoms. The van der Waals surface area contributed by atoms with E-state index in [1.807, 2.05) is 6.07 Å². The number of nitro benzene ring substituents is 1. The summed E-state index contributed by atoms with van der Waals surface area (Å²) in [6.07, 6.45) is 0. The molecule has 0 aliphatic carbocycles. The fraction of sp³-hybridized carbons (Fsp3) is 0. The Hall–Kier alpha value is -3.15. The van der Waals surface area contributed by atoms with E-state index in [0.29, 0.717) is 16.8 Å². The van der Waals surface area contributed by atoms with Gasteiger partial charge in [-0.1, -0.05) is 24.8 Å². The standard InChI is InChI=1S/C15H13N3O3/c1-11(12-7-9-14(10-8-12)18(20)21)16-17-15(19)13-5-3-2-4-6-13/h2-10,16H,1H2,(H,17,19). The summed E-state index contributed by atoms with van der Waals surface area (Å²) in [7, 11) is 0. The third kappa shape index (κ3) is 3.66. The van der Waals surface area contributed by atoms with Crippen molar-refractivity contribution in [1.82, 2.24) is 10.9 Å². The predicted molar refractivity (Wildman–Crippen MR) is 79.2 cm³/mol. The molecule has 2 aromatic rings. The number of carbonyl (C=O) groups is 1. The van der Waals surface area contributed by atoms with E-state index in [2.05, 4.69) is 17.4 Å². The van der Waals surface area contributed by atoms with Crippen LogP contribution in [0.3, 0.4) is 0 Å². The fourth-order valence-electron chi connectivity index (χ4n) is 1.65. The number of hydrazine groups is 1. The van der Waals surface area contributed by atoms with Gasteiger partial charge in [0.05, 0.1) is 10.6 Å². The van der Waals surface area contributed by atoms with Crippen LogP contribution in [0.15, 0.2) is 61.2 Å². The maximum absolute atomic E-state index is 11.8. The molecule has 0 fully saturated rings. The Morgan fingerprint density at radius 1 is 0.952 bits per heavy atom. The van der Waals surface area contributed by atoms with E-state index in [-0.39, 0.29) is 11.6 Å². The van der Waals surface area contributed by atoms with Crippen LogP contribution in [-0.4, -0.2) is 10.8 Å². The Labute approximate surface area is 121 Å². The highest BCUT2D eigenvalue weighted by atomic mass is 16.6. The van der Waals surface area contributed by atoms with Crippen LogP contribution in [0.4, 0.5) is 5.69 Å². The molecule has 0 heterocycles. The highest BCUT2D eigenvalue weighted by Crippen LogP contribution is 2.15. The Morgan fingerprint density at radius 3 is 2.14 bits per heavy atom. The first-order valence-corrected chi connectivity index (χ1v) is 6.13. The van der Waals surface area contributed by atoms with Crippen LogP contribution in [0.2, 0.25) is 0 Å². The monoisotopic (exact) mass is 283 g/mol. The maximum Gasteiger partial charge on any atom is 0.269 e. The third-order valence-corrected chi connectivity index (χ3v) is 2.79. The van der Waals surface area contributed by atoms with Crippen molar-refractivity contribution in [3.05, 3.63) is 82.4 Å². The molecule has 0 radical (unpaired) electrons. The molecule has 106 valence electrons. The summed E-state index contributed by atoms with van der Waals surface area (Å²) >= 11 is 0. The first-order valence-electron chi connectivity index (χ1n) is 6.13. The topological polar surface area (TPSA) is 84.3 Å². The summed E-state index contributed by atoms with van der Waals surface area (Å²) in [4.78, 5) is 21.9. The van der Waals surface area contributed by atoms with Crippen molar-refractivity contribution in [3.63, 3.8) is 0 Å². The number of amides is 1.